The van der Waals surface area contributed by atoms with Crippen molar-refractivity contribution in [3.05, 3.63) is 0 Å². The van der Waals surface area contributed by atoms with Gasteiger partial charge in [-0.3, -0.25) is 4.79 Å². The second-order valence-electron chi connectivity index (χ2n) is 10.2. The molecule has 0 aromatic rings. The fourth-order valence-electron chi connectivity index (χ4n) is 6.20. The number of piperidine rings is 2. The van der Waals surface area contributed by atoms with Crippen LogP contribution in [0.15, 0.2) is 0 Å². The number of ketones is 1. The van der Waals surface area contributed by atoms with Crippen LogP contribution in [-0.4, -0.2) is 53.8 Å². The van der Waals surface area contributed by atoms with Gasteiger partial charge < -0.3 is 9.80 Å². The maximum atomic E-state index is 12.1. The molecule has 4 aliphatic rings. The molecule has 0 bridgehead atoms. The molecule has 3 nitrogen and oxygen atoms in total. The Labute approximate surface area is 154 Å². The van der Waals surface area contributed by atoms with Gasteiger partial charge in [0.25, 0.3) is 0 Å². The summed E-state index contributed by atoms with van der Waals surface area (Å²) in [7, 11) is 0. The zero-order valence-corrected chi connectivity index (χ0v) is 16.7. The number of carbonyl (C=O) groups excluding carboxylic acids is 1. The van der Waals surface area contributed by atoms with Gasteiger partial charge in [-0.25, -0.2) is 0 Å². The fourth-order valence-corrected chi connectivity index (χ4v) is 6.20. The van der Waals surface area contributed by atoms with Crippen LogP contribution in [0.3, 0.4) is 0 Å². The predicted molar refractivity (Wildman–Crippen MR) is 103 cm³/mol. The summed E-state index contributed by atoms with van der Waals surface area (Å²) >= 11 is 0. The Morgan fingerprint density at radius 1 is 0.840 bits per heavy atom. The average Bonchev–Trinajstić information content (AvgIpc) is 2.53. The van der Waals surface area contributed by atoms with Crippen molar-refractivity contribution in [3.8, 4) is 0 Å². The van der Waals surface area contributed by atoms with Gasteiger partial charge in [-0.05, 0) is 88.9 Å². The standard InChI is InChI=1S/C22H38N2O/c1-16(2)21(25)18-12-22(13-18)14-20(15-22)24-10-6-19(7-11-24)23-8-4-17(3)5-9-23/h16-20H,4-15H2,1-3H3. The smallest absolute Gasteiger partial charge is 0.138 e. The van der Waals surface area contributed by atoms with Crippen LogP contribution in [0.2, 0.25) is 0 Å². The van der Waals surface area contributed by atoms with Gasteiger partial charge >= 0.3 is 0 Å². The number of nitrogens with zero attached hydrogens (tertiary/aromatic N) is 2. The van der Waals surface area contributed by atoms with Crippen molar-refractivity contribution >= 4 is 5.78 Å². The molecule has 0 aromatic carbocycles. The maximum absolute atomic E-state index is 12.1. The number of hydrogen-bond donors (Lipinski definition) is 0. The molecule has 3 heteroatoms. The summed E-state index contributed by atoms with van der Waals surface area (Å²) in [5, 5.41) is 0. The van der Waals surface area contributed by atoms with Gasteiger partial charge in [0, 0.05) is 23.9 Å². The minimum absolute atomic E-state index is 0.232. The van der Waals surface area contributed by atoms with E-state index in [1.165, 1.54) is 77.5 Å². The highest BCUT2D eigenvalue weighted by Gasteiger charge is 2.56. The third-order valence-electron chi connectivity index (χ3n) is 8.02. The highest BCUT2D eigenvalue weighted by atomic mass is 16.1. The number of likely N-dealkylation sites (tertiary alicyclic amines) is 2. The Balaban J connectivity index is 1.18. The SMILES string of the molecule is CC1CCN(C2CCN(C3CC4(CC(C(=O)C(C)C)C4)C3)CC2)CC1. The molecule has 0 aromatic heterocycles. The van der Waals surface area contributed by atoms with E-state index in [0.717, 1.165) is 18.0 Å². The Morgan fingerprint density at radius 3 is 1.92 bits per heavy atom. The fraction of sp³-hybridized carbons (Fsp3) is 0.955. The maximum Gasteiger partial charge on any atom is 0.138 e. The molecule has 25 heavy (non-hydrogen) atoms. The quantitative estimate of drug-likeness (QED) is 0.769. The van der Waals surface area contributed by atoms with Crippen LogP contribution in [0, 0.1) is 23.2 Å². The minimum atomic E-state index is 0.232. The first-order valence-electron chi connectivity index (χ1n) is 11.0. The lowest BCUT2D eigenvalue weighted by atomic mass is 9.48. The van der Waals surface area contributed by atoms with Crippen molar-refractivity contribution in [2.75, 3.05) is 26.2 Å². The lowest BCUT2D eigenvalue weighted by Crippen LogP contribution is -2.59. The Bertz CT molecular complexity index is 472. The molecule has 0 unspecified atom stereocenters. The van der Waals surface area contributed by atoms with Gasteiger partial charge in [-0.1, -0.05) is 20.8 Å². The largest absolute Gasteiger partial charge is 0.300 e. The van der Waals surface area contributed by atoms with Crippen molar-refractivity contribution in [1.29, 1.82) is 0 Å². The molecule has 4 rings (SSSR count). The average molecular weight is 347 g/mol. The lowest BCUT2D eigenvalue weighted by Gasteiger charge is -2.60. The van der Waals surface area contributed by atoms with E-state index < -0.39 is 0 Å². The molecule has 0 N–H and O–H groups in total. The van der Waals surface area contributed by atoms with Crippen LogP contribution in [0.25, 0.3) is 0 Å². The zero-order chi connectivity index (χ0) is 17.6. The van der Waals surface area contributed by atoms with Crippen LogP contribution in [0.5, 0.6) is 0 Å². The molecule has 2 aliphatic carbocycles. The van der Waals surface area contributed by atoms with E-state index in [1.54, 1.807) is 0 Å². The van der Waals surface area contributed by atoms with Gasteiger partial charge in [0.05, 0.1) is 0 Å². The van der Waals surface area contributed by atoms with E-state index in [1.807, 2.05) is 0 Å². The predicted octanol–water partition coefficient (Wildman–Crippen LogP) is 3.97. The molecular weight excluding hydrogens is 308 g/mol. The molecule has 1 spiro atoms. The number of rotatable bonds is 4. The lowest BCUT2D eigenvalue weighted by molar-refractivity contribution is -0.144. The Morgan fingerprint density at radius 2 is 1.36 bits per heavy atom. The summed E-state index contributed by atoms with van der Waals surface area (Å²) < 4.78 is 0. The molecule has 2 saturated carbocycles. The first-order valence-corrected chi connectivity index (χ1v) is 11.0. The summed E-state index contributed by atoms with van der Waals surface area (Å²) in [4.78, 5) is 17.7. The summed E-state index contributed by atoms with van der Waals surface area (Å²) in [6, 6.07) is 1.69. The van der Waals surface area contributed by atoms with E-state index in [2.05, 4.69) is 30.6 Å². The van der Waals surface area contributed by atoms with Crippen molar-refractivity contribution in [3.63, 3.8) is 0 Å². The van der Waals surface area contributed by atoms with E-state index in [0.29, 0.717) is 17.1 Å². The van der Waals surface area contributed by atoms with Gasteiger partial charge in [0.15, 0.2) is 0 Å². The first-order chi connectivity index (χ1) is 12.0. The Kier molecular flexibility index (Phi) is 5.00. The Hall–Kier alpha value is -0.410. The molecule has 0 radical (unpaired) electrons. The van der Waals surface area contributed by atoms with E-state index >= 15 is 0 Å². The third-order valence-corrected chi connectivity index (χ3v) is 8.02. The molecule has 2 saturated heterocycles. The highest BCUT2D eigenvalue weighted by molar-refractivity contribution is 5.83. The molecule has 2 aliphatic heterocycles. The molecule has 2 heterocycles. The van der Waals surface area contributed by atoms with Crippen molar-refractivity contribution in [2.24, 2.45) is 23.2 Å². The second-order valence-corrected chi connectivity index (χ2v) is 10.2. The van der Waals surface area contributed by atoms with Gasteiger partial charge in [0.2, 0.25) is 0 Å². The van der Waals surface area contributed by atoms with E-state index in [9.17, 15) is 4.79 Å². The first kappa shape index (κ1) is 18.0. The number of hydrogen-bond acceptors (Lipinski definition) is 3. The highest BCUT2D eigenvalue weighted by Crippen LogP contribution is 2.60. The van der Waals surface area contributed by atoms with Crippen LogP contribution in [-0.2, 0) is 4.79 Å². The van der Waals surface area contributed by atoms with Gasteiger partial charge in [-0.15, -0.1) is 0 Å². The van der Waals surface area contributed by atoms with Crippen molar-refractivity contribution in [1.82, 2.24) is 9.80 Å². The summed E-state index contributed by atoms with van der Waals surface area (Å²) in [6.45, 7) is 11.8. The molecule has 142 valence electrons. The van der Waals surface area contributed by atoms with Crippen molar-refractivity contribution in [2.45, 2.75) is 84.2 Å². The van der Waals surface area contributed by atoms with Crippen molar-refractivity contribution < 1.29 is 4.79 Å². The molecule has 0 amide bonds. The minimum Gasteiger partial charge on any atom is -0.300 e. The van der Waals surface area contributed by atoms with Gasteiger partial charge in [-0.2, -0.15) is 0 Å². The normalized spacial score (nSPS) is 38.7. The monoisotopic (exact) mass is 346 g/mol. The molecule has 0 atom stereocenters. The molecule has 4 fully saturated rings. The van der Waals surface area contributed by atoms with Crippen LogP contribution in [0.4, 0.5) is 0 Å². The topological polar surface area (TPSA) is 23.6 Å². The summed E-state index contributed by atoms with van der Waals surface area (Å²) in [5.41, 5.74) is 0.569. The number of carbonyl (C=O) groups is 1. The van der Waals surface area contributed by atoms with E-state index in [4.69, 9.17) is 0 Å². The third kappa shape index (κ3) is 3.56. The van der Waals surface area contributed by atoms with Crippen LogP contribution < -0.4 is 0 Å². The number of Topliss-reactive ketones (excluding diaryl/α,β-unsaturated/α-hetero) is 1. The van der Waals surface area contributed by atoms with Crippen LogP contribution in [0.1, 0.15) is 72.1 Å². The zero-order valence-electron chi connectivity index (χ0n) is 16.7. The summed E-state index contributed by atoms with van der Waals surface area (Å²) in [6.07, 6.45) is 10.7. The van der Waals surface area contributed by atoms with Gasteiger partial charge in [0.1, 0.15) is 5.78 Å². The molecular formula is C22H38N2O. The summed E-state index contributed by atoms with van der Waals surface area (Å²) in [5.74, 6) is 2.09. The van der Waals surface area contributed by atoms with E-state index in [-0.39, 0.29) is 5.92 Å². The van der Waals surface area contributed by atoms with Crippen LogP contribution >= 0.6 is 0 Å². The second kappa shape index (κ2) is 6.96.